The summed E-state index contributed by atoms with van der Waals surface area (Å²) in [7, 11) is 3.49. The number of benzene rings is 8. The Hall–Kier alpha value is -12.7. The highest BCUT2D eigenvalue weighted by Gasteiger charge is 2.34. The summed E-state index contributed by atoms with van der Waals surface area (Å²) in [4.78, 5) is 54.5. The summed E-state index contributed by atoms with van der Waals surface area (Å²) < 4.78 is 125. The number of hydrogen-bond acceptors (Lipinski definition) is 12. The molecule has 6 aromatic heterocycles. The molecule has 102 heavy (non-hydrogen) atoms. The zero-order chi connectivity index (χ0) is 72.6. The zero-order valence-corrected chi connectivity index (χ0v) is 54.2. The van der Waals surface area contributed by atoms with E-state index in [2.05, 4.69) is 60.3 Å². The number of ether oxygens (including phenoxy) is 2. The first-order valence-corrected chi connectivity index (χ1v) is 31.0. The molecule has 14 aromatic rings. The molecule has 1 amide bonds. The molecule has 6 heterocycles. The summed E-state index contributed by atoms with van der Waals surface area (Å²) in [6.07, 6.45) is -13.3. The van der Waals surface area contributed by atoms with E-state index in [9.17, 15) is 63.8 Å². The van der Waals surface area contributed by atoms with Gasteiger partial charge in [0.15, 0.2) is 11.6 Å². The quantitative estimate of drug-likeness (QED) is 0.0741. The minimum absolute atomic E-state index is 0.00111. The average molecular weight is 1400 g/mol. The number of alkyl halides is 9. The minimum atomic E-state index is -4.84. The number of halogens is 9. The van der Waals surface area contributed by atoms with Crippen LogP contribution >= 0.6 is 0 Å². The summed E-state index contributed by atoms with van der Waals surface area (Å²) in [5.74, 6) is -1.67. The summed E-state index contributed by atoms with van der Waals surface area (Å²) in [6.45, 7) is 4.28. The fourth-order valence-electron chi connectivity index (χ4n) is 11.7. The minimum Gasteiger partial charge on any atom is -0.481 e. The Morgan fingerprint density at radius 3 is 1.47 bits per heavy atom. The van der Waals surface area contributed by atoms with E-state index in [1.54, 1.807) is 86.6 Å². The van der Waals surface area contributed by atoms with Gasteiger partial charge < -0.3 is 29.0 Å². The van der Waals surface area contributed by atoms with Crippen molar-refractivity contribution in [3.05, 3.63) is 274 Å². The molecule has 0 radical (unpaired) electrons. The maximum atomic E-state index is 13.5. The molecule has 0 aliphatic rings. The van der Waals surface area contributed by atoms with Crippen LogP contribution in [-0.4, -0.2) is 120 Å². The van der Waals surface area contributed by atoms with E-state index in [0.29, 0.717) is 75.7 Å². The molecule has 0 unspecified atom stereocenters. The molecule has 14 rings (SSSR count). The van der Waals surface area contributed by atoms with Crippen LogP contribution in [-0.2, 0) is 36.8 Å². The van der Waals surface area contributed by atoms with Gasteiger partial charge >= 0.3 is 24.9 Å². The molecule has 20 nitrogen and oxygen atoms in total. The third-order valence-electron chi connectivity index (χ3n) is 16.3. The van der Waals surface area contributed by atoms with Gasteiger partial charge in [0.25, 0.3) is 17.7 Å². The van der Waals surface area contributed by atoms with E-state index >= 15 is 0 Å². The first-order valence-electron chi connectivity index (χ1n) is 31.0. The van der Waals surface area contributed by atoms with Gasteiger partial charge in [0.1, 0.15) is 17.2 Å². The number of carboxylic acid groups (broad SMARTS) is 1. The van der Waals surface area contributed by atoms with E-state index in [0.717, 1.165) is 86.0 Å². The van der Waals surface area contributed by atoms with Crippen LogP contribution in [0.3, 0.4) is 0 Å². The number of H-pyrrole nitrogens is 3. The van der Waals surface area contributed by atoms with Crippen LogP contribution in [0, 0.1) is 13.8 Å². The highest BCUT2D eigenvalue weighted by atomic mass is 19.4. The second-order valence-electron chi connectivity index (χ2n) is 23.1. The Bertz CT molecular complexity index is 5250. The summed E-state index contributed by atoms with van der Waals surface area (Å²) in [5, 5.41) is 41.1. The zero-order valence-electron chi connectivity index (χ0n) is 54.2. The van der Waals surface area contributed by atoms with Crippen molar-refractivity contribution in [2.45, 2.75) is 58.6 Å². The molecule has 0 spiro atoms. The van der Waals surface area contributed by atoms with E-state index in [4.69, 9.17) is 0 Å². The number of amides is 1. The highest BCUT2D eigenvalue weighted by molar-refractivity contribution is 6.09. The molecule has 0 saturated carbocycles. The topological polar surface area (TPSA) is 250 Å². The number of nitrogens with one attached hydrogen (secondary N) is 3. The average Bonchev–Trinajstić information content (AvgIpc) is 1.61. The maximum Gasteiger partial charge on any atom is 0.573 e. The molecular weight excluding hydrogens is 1340 g/mol. The largest absolute Gasteiger partial charge is 0.573 e. The van der Waals surface area contributed by atoms with Gasteiger partial charge in [0.2, 0.25) is 0 Å². The molecular formula is C73H58F9N13O7. The van der Waals surface area contributed by atoms with Gasteiger partial charge in [0, 0.05) is 88.6 Å². The predicted octanol–water partition coefficient (Wildman–Crippen LogP) is 15.2. The van der Waals surface area contributed by atoms with Crippen LogP contribution in [0.5, 0.6) is 11.5 Å². The molecule has 0 bridgehead atoms. The number of nitrogens with zero attached hydrogens (tertiary/aromatic N) is 10. The fourth-order valence-corrected chi connectivity index (χ4v) is 11.7. The molecule has 0 atom stereocenters. The number of rotatable bonds is 14. The van der Waals surface area contributed by atoms with Crippen LogP contribution < -0.4 is 9.47 Å². The van der Waals surface area contributed by atoms with Crippen molar-refractivity contribution in [1.82, 2.24) is 64.8 Å². The van der Waals surface area contributed by atoms with Crippen LogP contribution in [0.25, 0.3) is 54.9 Å². The lowest BCUT2D eigenvalue weighted by Crippen LogP contribution is -2.21. The van der Waals surface area contributed by atoms with Crippen molar-refractivity contribution < 1.29 is 73.3 Å². The molecule has 4 N–H and O–H groups in total. The molecule has 29 heteroatoms. The Morgan fingerprint density at radius 1 is 0.520 bits per heavy atom. The SMILES string of the molecule is CN(C)C(=O)c1cc2ccccc2[nH]1.Cc1c(Cc2nn[nH]n2)c2ccccc2n1C(=O)c1ccc(OC(F)(F)F)cc1.Cc1c(Cc2nn[nH]n2)c2ccccc2n1Cc1ccc(C(F)(F)F)cc1.O=C(O)Cc1c(-c2ccccc2)n(C(=O)c2ccc(OC(F)(F)F)cc2)c2ccccc12. The predicted molar refractivity (Wildman–Crippen MR) is 359 cm³/mol. The number of hydrogen-bond donors (Lipinski definition) is 4. The molecule has 0 saturated heterocycles. The first kappa shape index (κ1) is 70.6. The summed E-state index contributed by atoms with van der Waals surface area (Å²) in [5.41, 5.74) is 9.58. The van der Waals surface area contributed by atoms with Crippen molar-refractivity contribution in [2.24, 2.45) is 0 Å². The normalized spacial score (nSPS) is 11.5. The van der Waals surface area contributed by atoms with Gasteiger partial charge in [-0.2, -0.15) is 23.6 Å². The first-order chi connectivity index (χ1) is 48.7. The molecule has 0 aliphatic heterocycles. The Kier molecular flexibility index (Phi) is 20.6. The molecule has 0 fully saturated rings. The number of aliphatic carboxylic acids is 1. The number of fused-ring (bicyclic) bond motifs is 4. The lowest BCUT2D eigenvalue weighted by molar-refractivity contribution is -0.275. The van der Waals surface area contributed by atoms with Crippen molar-refractivity contribution in [3.8, 4) is 22.8 Å². The van der Waals surface area contributed by atoms with E-state index in [1.165, 1.54) is 45.5 Å². The Morgan fingerprint density at radius 2 is 0.980 bits per heavy atom. The second kappa shape index (κ2) is 29.8. The van der Waals surface area contributed by atoms with Crippen LogP contribution in [0.2, 0.25) is 0 Å². The third-order valence-corrected chi connectivity index (χ3v) is 16.3. The molecule has 0 aliphatic carbocycles. The van der Waals surface area contributed by atoms with E-state index in [-0.39, 0.29) is 35.1 Å². The highest BCUT2D eigenvalue weighted by Crippen LogP contribution is 2.37. The van der Waals surface area contributed by atoms with Crippen LogP contribution in [0.1, 0.15) is 82.1 Å². The number of carbonyl (C=O) groups excluding carboxylic acids is 3. The number of para-hydroxylation sites is 4. The van der Waals surface area contributed by atoms with E-state index < -0.39 is 42.1 Å². The molecule has 8 aromatic carbocycles. The van der Waals surface area contributed by atoms with Crippen molar-refractivity contribution in [1.29, 1.82) is 0 Å². The fraction of sp³-hybridized carbons (Fsp3) is 0.151. The number of carbonyl (C=O) groups is 4. The molecule has 520 valence electrons. The number of tetrazole rings is 2. The van der Waals surface area contributed by atoms with Gasteiger partial charge in [-0.25, -0.2) is 0 Å². The van der Waals surface area contributed by atoms with Gasteiger partial charge in [-0.05, 0) is 133 Å². The maximum absolute atomic E-state index is 13.5. The summed E-state index contributed by atoms with van der Waals surface area (Å²) >= 11 is 0. The number of aromatic amines is 3. The van der Waals surface area contributed by atoms with Crippen LogP contribution in [0.4, 0.5) is 39.5 Å². The second-order valence-corrected chi connectivity index (χ2v) is 23.1. The van der Waals surface area contributed by atoms with Crippen LogP contribution in [0.15, 0.2) is 206 Å². The van der Waals surface area contributed by atoms with Gasteiger partial charge in [0.05, 0.1) is 28.7 Å². The smallest absolute Gasteiger partial charge is 0.481 e. The lowest BCUT2D eigenvalue weighted by Gasteiger charge is -2.12. The van der Waals surface area contributed by atoms with Gasteiger partial charge in [-0.15, -0.1) is 46.7 Å². The monoisotopic (exact) mass is 1400 g/mol. The third kappa shape index (κ3) is 16.4. The van der Waals surface area contributed by atoms with E-state index in [1.807, 2.05) is 79.7 Å². The lowest BCUT2D eigenvalue weighted by atomic mass is 10.0. The Balaban J connectivity index is 0.000000141. The van der Waals surface area contributed by atoms with Crippen molar-refractivity contribution in [3.63, 3.8) is 0 Å². The summed E-state index contributed by atoms with van der Waals surface area (Å²) in [6, 6.07) is 55.6. The van der Waals surface area contributed by atoms with Gasteiger partial charge in [-0.1, -0.05) is 126 Å². The number of aromatic nitrogens is 12. The van der Waals surface area contributed by atoms with Crippen molar-refractivity contribution in [2.75, 3.05) is 14.1 Å². The standard InChI is InChI=1S/C24H16F3NO4.C19H14F3N5O2.C19H16F3N5.C11H12N2O/c25-24(26,27)32-17-12-10-16(11-13-17)23(31)28-20-9-5-4-8-18(20)19(14-21(29)30)22(28)15-6-2-1-3-7-15;1-11-15(10-17-23-25-26-24-17)14-4-2-3-5-16(14)27(11)18(28)12-6-8-13(9-7-12)29-19(20,21)22;1-12-16(10-18-23-25-26-24-18)15-4-2-3-5-17(15)27(12)11-13-6-8-14(9-7-13)19(20,21)22;1-13(2)11(14)10-7-8-5-3-4-6-9(8)12-10/h1-13H,14H2,(H,29,30);2-9H,10H2,1H3,(H,23,24,25,26);2-9H,10-11H2,1H3,(H,23,24,25,26);3-7,12H,1-2H3. The van der Waals surface area contributed by atoms with Gasteiger partial charge in [-0.3, -0.25) is 28.3 Å². The Labute approximate surface area is 572 Å². The number of carboxylic acids is 1. The van der Waals surface area contributed by atoms with Crippen molar-refractivity contribution >= 4 is 67.3 Å².